The molecule has 0 radical (unpaired) electrons. The Morgan fingerprint density at radius 2 is 2.15 bits per heavy atom. The molecule has 0 bridgehead atoms. The van der Waals surface area contributed by atoms with Crippen LogP contribution in [-0.2, 0) is 11.2 Å². The summed E-state index contributed by atoms with van der Waals surface area (Å²) in [6.07, 6.45) is 2.09. The number of nitrogens with one attached hydrogen (secondary N) is 1. The number of hydrogen-bond acceptors (Lipinski definition) is 2. The van der Waals surface area contributed by atoms with Crippen LogP contribution in [0.25, 0.3) is 0 Å². The molecule has 0 saturated carbocycles. The highest BCUT2D eigenvalue weighted by Crippen LogP contribution is 2.28. The molecule has 0 aromatic heterocycles. The van der Waals surface area contributed by atoms with Gasteiger partial charge in [0.25, 0.3) is 0 Å². The van der Waals surface area contributed by atoms with E-state index in [0.717, 1.165) is 25.9 Å². The Morgan fingerprint density at radius 3 is 2.90 bits per heavy atom. The van der Waals surface area contributed by atoms with Crippen molar-refractivity contribution in [3.05, 3.63) is 35.4 Å². The van der Waals surface area contributed by atoms with Gasteiger partial charge in [-0.3, -0.25) is 4.79 Å². The molecule has 1 aromatic carbocycles. The maximum Gasteiger partial charge on any atom is 0.237 e. The lowest BCUT2D eigenvalue weighted by atomic mass is 9.93. The lowest BCUT2D eigenvalue weighted by Gasteiger charge is -2.35. The maximum absolute atomic E-state index is 12.3. The molecule has 1 aromatic rings. The summed E-state index contributed by atoms with van der Waals surface area (Å²) in [6.45, 7) is 8.74. The molecule has 1 N–H and O–H groups in total. The van der Waals surface area contributed by atoms with E-state index in [0.29, 0.717) is 12.5 Å². The van der Waals surface area contributed by atoms with Crippen molar-refractivity contribution >= 4 is 5.91 Å². The molecule has 1 atom stereocenters. The van der Waals surface area contributed by atoms with Gasteiger partial charge in [-0.25, -0.2) is 0 Å². The number of carbonyl (C=O) groups is 1. The monoisotopic (exact) mass is 274 g/mol. The van der Waals surface area contributed by atoms with Gasteiger partial charge in [-0.2, -0.15) is 0 Å². The smallest absolute Gasteiger partial charge is 0.237 e. The first-order valence-electron chi connectivity index (χ1n) is 7.67. The Balaban J connectivity index is 1.89. The third kappa shape index (κ3) is 3.60. The van der Waals surface area contributed by atoms with Crippen LogP contribution in [0.2, 0.25) is 0 Å². The molecule has 3 heteroatoms. The predicted octanol–water partition coefficient (Wildman–Crippen LogP) is 2.77. The minimum absolute atomic E-state index is 0.194. The standard InChI is InChI=1S/C17H26N2O/c1-13(2)8-10-18-12-17(20)19-11-9-15-6-4-5-7-16(15)14(19)3/h4-7,13-14,18H,8-12H2,1-3H3/t14-/m1/s1. The second-order valence-electron chi connectivity index (χ2n) is 6.07. The Hall–Kier alpha value is -1.35. The molecule has 0 fully saturated rings. The Kier molecular flexibility index (Phi) is 5.18. The van der Waals surface area contributed by atoms with Crippen molar-refractivity contribution in [1.29, 1.82) is 0 Å². The van der Waals surface area contributed by atoms with Crippen molar-refractivity contribution in [2.75, 3.05) is 19.6 Å². The van der Waals surface area contributed by atoms with Crippen LogP contribution >= 0.6 is 0 Å². The van der Waals surface area contributed by atoms with Gasteiger partial charge in [0, 0.05) is 6.54 Å². The van der Waals surface area contributed by atoms with E-state index in [2.05, 4.69) is 50.4 Å². The summed E-state index contributed by atoms with van der Waals surface area (Å²) in [7, 11) is 0. The van der Waals surface area contributed by atoms with Gasteiger partial charge in [-0.1, -0.05) is 38.1 Å². The molecule has 20 heavy (non-hydrogen) atoms. The lowest BCUT2D eigenvalue weighted by Crippen LogP contribution is -2.43. The number of carbonyl (C=O) groups excluding carboxylic acids is 1. The van der Waals surface area contributed by atoms with Crippen LogP contribution in [-0.4, -0.2) is 30.4 Å². The average molecular weight is 274 g/mol. The van der Waals surface area contributed by atoms with Crippen molar-refractivity contribution < 1.29 is 4.79 Å². The molecule has 1 heterocycles. The van der Waals surface area contributed by atoms with Crippen LogP contribution in [0.15, 0.2) is 24.3 Å². The fourth-order valence-corrected chi connectivity index (χ4v) is 2.80. The van der Waals surface area contributed by atoms with E-state index in [1.165, 1.54) is 11.1 Å². The summed E-state index contributed by atoms with van der Waals surface area (Å²) in [5.74, 6) is 0.897. The third-order valence-electron chi connectivity index (χ3n) is 4.09. The van der Waals surface area contributed by atoms with Crippen molar-refractivity contribution in [2.45, 2.75) is 39.7 Å². The van der Waals surface area contributed by atoms with Gasteiger partial charge in [0.1, 0.15) is 0 Å². The third-order valence-corrected chi connectivity index (χ3v) is 4.09. The molecule has 1 amide bonds. The zero-order chi connectivity index (χ0) is 14.5. The fourth-order valence-electron chi connectivity index (χ4n) is 2.80. The van der Waals surface area contributed by atoms with E-state index < -0.39 is 0 Å². The summed E-state index contributed by atoms with van der Waals surface area (Å²) >= 11 is 0. The van der Waals surface area contributed by atoms with E-state index in [1.807, 2.05) is 4.90 Å². The molecule has 110 valence electrons. The SMILES string of the molecule is CC(C)CCNCC(=O)N1CCc2ccccc2[C@H]1C. The summed E-state index contributed by atoms with van der Waals surface area (Å²) in [5, 5.41) is 3.27. The van der Waals surface area contributed by atoms with Gasteiger partial charge in [-0.05, 0) is 43.4 Å². The highest BCUT2D eigenvalue weighted by molar-refractivity contribution is 5.79. The number of rotatable bonds is 5. The number of fused-ring (bicyclic) bond motifs is 1. The zero-order valence-corrected chi connectivity index (χ0v) is 12.9. The van der Waals surface area contributed by atoms with Gasteiger partial charge < -0.3 is 10.2 Å². The summed E-state index contributed by atoms with van der Waals surface area (Å²) in [5.41, 5.74) is 2.69. The fraction of sp³-hybridized carbons (Fsp3) is 0.588. The molecule has 2 rings (SSSR count). The lowest BCUT2D eigenvalue weighted by molar-refractivity contribution is -0.132. The average Bonchev–Trinajstić information content (AvgIpc) is 2.44. The van der Waals surface area contributed by atoms with Crippen LogP contribution in [0, 0.1) is 5.92 Å². The Morgan fingerprint density at radius 1 is 1.40 bits per heavy atom. The van der Waals surface area contributed by atoms with Crippen LogP contribution in [0.4, 0.5) is 0 Å². The van der Waals surface area contributed by atoms with E-state index >= 15 is 0 Å². The second kappa shape index (κ2) is 6.89. The summed E-state index contributed by atoms with van der Waals surface area (Å²) in [4.78, 5) is 14.3. The largest absolute Gasteiger partial charge is 0.334 e. The zero-order valence-electron chi connectivity index (χ0n) is 12.9. The van der Waals surface area contributed by atoms with Crippen molar-refractivity contribution in [3.8, 4) is 0 Å². The van der Waals surface area contributed by atoms with Gasteiger partial charge >= 0.3 is 0 Å². The molecular weight excluding hydrogens is 248 g/mol. The van der Waals surface area contributed by atoms with Crippen molar-refractivity contribution in [3.63, 3.8) is 0 Å². The Labute approximate surface area is 122 Å². The van der Waals surface area contributed by atoms with Gasteiger partial charge in [0.05, 0.1) is 12.6 Å². The summed E-state index contributed by atoms with van der Waals surface area (Å²) in [6, 6.07) is 8.65. The molecule has 1 aliphatic heterocycles. The van der Waals surface area contributed by atoms with Crippen molar-refractivity contribution in [1.82, 2.24) is 10.2 Å². The van der Waals surface area contributed by atoms with Crippen LogP contribution in [0.3, 0.4) is 0 Å². The normalized spacial score (nSPS) is 18.2. The van der Waals surface area contributed by atoms with Gasteiger partial charge in [0.2, 0.25) is 5.91 Å². The summed E-state index contributed by atoms with van der Waals surface area (Å²) < 4.78 is 0. The van der Waals surface area contributed by atoms with E-state index in [-0.39, 0.29) is 11.9 Å². The van der Waals surface area contributed by atoms with Crippen molar-refractivity contribution in [2.24, 2.45) is 5.92 Å². The quantitative estimate of drug-likeness (QED) is 0.837. The van der Waals surface area contributed by atoms with Gasteiger partial charge in [0.15, 0.2) is 0 Å². The highest BCUT2D eigenvalue weighted by atomic mass is 16.2. The highest BCUT2D eigenvalue weighted by Gasteiger charge is 2.26. The molecule has 0 aliphatic carbocycles. The second-order valence-corrected chi connectivity index (χ2v) is 6.07. The van der Waals surface area contributed by atoms with E-state index in [4.69, 9.17) is 0 Å². The number of hydrogen-bond donors (Lipinski definition) is 1. The molecular formula is C17H26N2O. The van der Waals surface area contributed by atoms with Gasteiger partial charge in [-0.15, -0.1) is 0 Å². The predicted molar refractivity (Wildman–Crippen MR) is 82.6 cm³/mol. The maximum atomic E-state index is 12.3. The molecule has 0 spiro atoms. The van der Waals surface area contributed by atoms with Crippen LogP contribution < -0.4 is 5.32 Å². The minimum atomic E-state index is 0.194. The Bertz CT molecular complexity index is 456. The van der Waals surface area contributed by atoms with E-state index in [1.54, 1.807) is 0 Å². The molecule has 3 nitrogen and oxygen atoms in total. The first-order valence-corrected chi connectivity index (χ1v) is 7.67. The minimum Gasteiger partial charge on any atom is -0.334 e. The molecule has 0 saturated heterocycles. The van der Waals surface area contributed by atoms with Crippen LogP contribution in [0.1, 0.15) is 44.4 Å². The number of amides is 1. The topological polar surface area (TPSA) is 32.3 Å². The number of benzene rings is 1. The molecule has 1 aliphatic rings. The van der Waals surface area contributed by atoms with E-state index in [9.17, 15) is 4.79 Å². The van der Waals surface area contributed by atoms with Crippen LogP contribution in [0.5, 0.6) is 0 Å². The number of nitrogens with zero attached hydrogens (tertiary/aromatic N) is 1. The first kappa shape index (κ1) is 15.0. The first-order chi connectivity index (χ1) is 9.59. The molecule has 0 unspecified atom stereocenters.